The lowest BCUT2D eigenvalue weighted by atomic mass is 9.96. The van der Waals surface area contributed by atoms with Crippen LogP contribution in [0.5, 0.6) is 11.5 Å². The Hall–Kier alpha value is -4.72. The van der Waals surface area contributed by atoms with Gasteiger partial charge >= 0.3 is 6.03 Å². The summed E-state index contributed by atoms with van der Waals surface area (Å²) in [6.45, 7) is 1.90. The molecule has 3 amide bonds. The zero-order valence-corrected chi connectivity index (χ0v) is 22.8. The van der Waals surface area contributed by atoms with Crippen LogP contribution in [0.2, 0.25) is 0 Å². The molecule has 3 aromatic carbocycles. The first-order chi connectivity index (χ1) is 19.5. The van der Waals surface area contributed by atoms with E-state index in [2.05, 4.69) is 9.88 Å². The largest absolute Gasteiger partial charge is 0.497 e. The molecule has 1 saturated carbocycles. The van der Waals surface area contributed by atoms with E-state index in [4.69, 9.17) is 9.47 Å². The first kappa shape index (κ1) is 25.6. The molecule has 0 radical (unpaired) electrons. The van der Waals surface area contributed by atoms with Crippen molar-refractivity contribution in [2.45, 2.75) is 31.8 Å². The highest BCUT2D eigenvalue weighted by atomic mass is 16.5. The summed E-state index contributed by atoms with van der Waals surface area (Å²) in [6, 6.07) is 24.4. The number of nitrogens with zero attached hydrogens (tertiary/aromatic N) is 3. The van der Waals surface area contributed by atoms with Gasteiger partial charge in [-0.1, -0.05) is 30.3 Å². The molecule has 2 heterocycles. The van der Waals surface area contributed by atoms with Crippen LogP contribution in [-0.4, -0.2) is 48.2 Å². The van der Waals surface area contributed by atoms with Gasteiger partial charge in [0.1, 0.15) is 24.1 Å². The van der Waals surface area contributed by atoms with Gasteiger partial charge in [0.05, 0.1) is 31.3 Å². The van der Waals surface area contributed by atoms with Gasteiger partial charge in [0, 0.05) is 23.5 Å². The summed E-state index contributed by atoms with van der Waals surface area (Å²) >= 11 is 0. The smallest absolute Gasteiger partial charge is 0.322 e. The standard InChI is InChI=1S/C32H32N4O4/c1-21-9-4-5-10-25(21)33-32(38)35(22-14-15-22)20-30(37)36-27-12-7-6-11-26(27)34-18-8-13-28(34)31(36)24-19-23(39-2)16-17-29(24)40-3/h4-13,16-19,22,31H,14-15,20H2,1-3H3,(H,33,38). The van der Waals surface area contributed by atoms with Gasteiger partial charge in [-0.25, -0.2) is 4.79 Å². The third-order valence-corrected chi connectivity index (χ3v) is 7.66. The number of aromatic nitrogens is 1. The Balaban J connectivity index is 1.41. The zero-order chi connectivity index (χ0) is 27.8. The van der Waals surface area contributed by atoms with E-state index < -0.39 is 6.04 Å². The number of nitrogens with one attached hydrogen (secondary N) is 1. The third-order valence-electron chi connectivity index (χ3n) is 7.66. The monoisotopic (exact) mass is 536 g/mol. The molecule has 4 aromatic rings. The number of amides is 3. The zero-order valence-electron chi connectivity index (χ0n) is 22.8. The second-order valence-electron chi connectivity index (χ2n) is 10.2. The van der Waals surface area contributed by atoms with E-state index in [1.165, 1.54) is 0 Å². The van der Waals surface area contributed by atoms with Crippen molar-refractivity contribution in [3.05, 3.63) is 102 Å². The second kappa shape index (κ2) is 10.4. The molecule has 1 atom stereocenters. The number of carbonyl (C=O) groups excluding carboxylic acids is 2. The molecule has 1 aromatic heterocycles. The number of methoxy groups -OCH3 is 2. The average Bonchev–Trinajstić information content (AvgIpc) is 3.70. The highest BCUT2D eigenvalue weighted by Gasteiger charge is 2.41. The molecular formula is C32H32N4O4. The molecule has 1 aliphatic heterocycles. The Labute approximate surface area is 233 Å². The van der Waals surface area contributed by atoms with E-state index in [0.29, 0.717) is 11.5 Å². The minimum atomic E-state index is -0.497. The molecule has 6 rings (SSSR count). The summed E-state index contributed by atoms with van der Waals surface area (Å²) in [5, 5.41) is 3.02. The van der Waals surface area contributed by atoms with Crippen molar-refractivity contribution in [3.8, 4) is 17.2 Å². The van der Waals surface area contributed by atoms with Crippen LogP contribution >= 0.6 is 0 Å². The molecule has 1 unspecified atom stereocenters. The van der Waals surface area contributed by atoms with Gasteiger partial charge in [-0.3, -0.25) is 9.69 Å². The number of aryl methyl sites for hydroxylation is 1. The van der Waals surface area contributed by atoms with Crippen LogP contribution in [0.15, 0.2) is 85.1 Å². The number of para-hydroxylation sites is 3. The number of carbonyl (C=O) groups is 2. The van der Waals surface area contributed by atoms with E-state index in [1.807, 2.05) is 92.0 Å². The average molecular weight is 537 g/mol. The van der Waals surface area contributed by atoms with Crippen molar-refractivity contribution in [2.24, 2.45) is 0 Å². The number of anilines is 2. The third kappa shape index (κ3) is 4.55. The van der Waals surface area contributed by atoms with Crippen LogP contribution in [0.25, 0.3) is 5.69 Å². The lowest BCUT2D eigenvalue weighted by Crippen LogP contribution is -2.48. The van der Waals surface area contributed by atoms with Crippen LogP contribution in [0.1, 0.15) is 35.7 Å². The van der Waals surface area contributed by atoms with Crippen LogP contribution in [0.3, 0.4) is 0 Å². The van der Waals surface area contributed by atoms with Gasteiger partial charge in [0.15, 0.2) is 0 Å². The quantitative estimate of drug-likeness (QED) is 0.317. The van der Waals surface area contributed by atoms with E-state index >= 15 is 0 Å². The molecule has 0 bridgehead atoms. The predicted molar refractivity (Wildman–Crippen MR) is 155 cm³/mol. The van der Waals surface area contributed by atoms with Gasteiger partial charge in [0.25, 0.3) is 0 Å². The van der Waals surface area contributed by atoms with Crippen molar-refractivity contribution in [2.75, 3.05) is 31.0 Å². The number of fused-ring (bicyclic) bond motifs is 3. The number of ether oxygens (including phenoxy) is 2. The summed E-state index contributed by atoms with van der Waals surface area (Å²) in [6.07, 6.45) is 3.75. The Kier molecular flexibility index (Phi) is 6.67. The van der Waals surface area contributed by atoms with Crippen molar-refractivity contribution < 1.29 is 19.1 Å². The van der Waals surface area contributed by atoms with E-state index in [9.17, 15) is 9.59 Å². The molecular weight excluding hydrogens is 504 g/mol. The van der Waals surface area contributed by atoms with E-state index in [0.717, 1.165) is 46.7 Å². The highest BCUT2D eigenvalue weighted by Crippen LogP contribution is 2.45. The first-order valence-corrected chi connectivity index (χ1v) is 13.4. The van der Waals surface area contributed by atoms with Crippen molar-refractivity contribution in [3.63, 3.8) is 0 Å². The molecule has 2 aliphatic rings. The minimum Gasteiger partial charge on any atom is -0.497 e. The van der Waals surface area contributed by atoms with Crippen molar-refractivity contribution in [1.29, 1.82) is 0 Å². The lowest BCUT2D eigenvalue weighted by molar-refractivity contribution is -0.119. The summed E-state index contributed by atoms with van der Waals surface area (Å²) in [4.78, 5) is 31.4. The van der Waals surface area contributed by atoms with Gasteiger partial charge in [-0.15, -0.1) is 0 Å². The molecule has 204 valence electrons. The number of hydrogen-bond donors (Lipinski definition) is 1. The lowest BCUT2D eigenvalue weighted by Gasteiger charge is -2.40. The van der Waals surface area contributed by atoms with Crippen LogP contribution in [0.4, 0.5) is 16.2 Å². The van der Waals surface area contributed by atoms with E-state index in [-0.39, 0.29) is 24.5 Å². The molecule has 1 aliphatic carbocycles. The number of hydrogen-bond acceptors (Lipinski definition) is 4. The number of urea groups is 1. The SMILES string of the molecule is COc1ccc(OC)c(C2c3cccn3-c3ccccc3N2C(=O)CN(C(=O)Nc2ccccc2C)C2CC2)c1. The number of benzene rings is 3. The van der Waals surface area contributed by atoms with E-state index in [1.54, 1.807) is 24.0 Å². The fraction of sp³-hybridized carbons (Fsp3) is 0.250. The van der Waals surface area contributed by atoms with Crippen LogP contribution < -0.4 is 19.7 Å². The molecule has 0 saturated heterocycles. The maximum atomic E-state index is 14.4. The predicted octanol–water partition coefficient (Wildman–Crippen LogP) is 5.94. The normalized spacial score (nSPS) is 15.6. The Bertz CT molecular complexity index is 1570. The molecule has 40 heavy (non-hydrogen) atoms. The number of rotatable bonds is 7. The Morgan fingerprint density at radius 1 is 0.925 bits per heavy atom. The molecule has 1 fully saturated rings. The first-order valence-electron chi connectivity index (χ1n) is 13.4. The fourth-order valence-corrected chi connectivity index (χ4v) is 5.48. The highest BCUT2D eigenvalue weighted by molar-refractivity contribution is 6.02. The molecule has 8 heteroatoms. The maximum absolute atomic E-state index is 14.4. The summed E-state index contributed by atoms with van der Waals surface area (Å²) in [7, 11) is 3.24. The summed E-state index contributed by atoms with van der Waals surface area (Å²) in [5.41, 5.74) is 5.09. The Morgan fingerprint density at radius 2 is 1.68 bits per heavy atom. The van der Waals surface area contributed by atoms with Gasteiger partial charge in [0.2, 0.25) is 5.91 Å². The Morgan fingerprint density at radius 3 is 2.40 bits per heavy atom. The van der Waals surface area contributed by atoms with Gasteiger partial charge in [-0.05, 0) is 73.9 Å². The van der Waals surface area contributed by atoms with Crippen molar-refractivity contribution in [1.82, 2.24) is 9.47 Å². The fourth-order valence-electron chi connectivity index (χ4n) is 5.48. The maximum Gasteiger partial charge on any atom is 0.322 e. The molecule has 0 spiro atoms. The topological polar surface area (TPSA) is 76.0 Å². The summed E-state index contributed by atoms with van der Waals surface area (Å²) in [5.74, 6) is 1.13. The molecule has 8 nitrogen and oxygen atoms in total. The second-order valence-corrected chi connectivity index (χ2v) is 10.2. The van der Waals surface area contributed by atoms with Crippen molar-refractivity contribution >= 4 is 23.3 Å². The van der Waals surface area contributed by atoms with Crippen LogP contribution in [0, 0.1) is 6.92 Å². The van der Waals surface area contributed by atoms with Gasteiger partial charge in [-0.2, -0.15) is 0 Å². The molecule has 1 N–H and O–H groups in total. The minimum absolute atomic E-state index is 0.0293. The summed E-state index contributed by atoms with van der Waals surface area (Å²) < 4.78 is 13.4. The van der Waals surface area contributed by atoms with Crippen LogP contribution in [-0.2, 0) is 4.79 Å². The van der Waals surface area contributed by atoms with Gasteiger partial charge < -0.3 is 24.3 Å².